The first-order chi connectivity index (χ1) is 13.5. The van der Waals surface area contributed by atoms with E-state index in [1.54, 1.807) is 29.0 Å². The zero-order chi connectivity index (χ0) is 20.1. The number of morpholine rings is 1. The zero-order valence-corrected chi connectivity index (χ0v) is 17.6. The highest BCUT2D eigenvalue weighted by Gasteiger charge is 2.18. The molecule has 1 N–H and O–H groups in total. The van der Waals surface area contributed by atoms with Gasteiger partial charge in [-0.25, -0.2) is 4.98 Å². The minimum atomic E-state index is -0.323. The summed E-state index contributed by atoms with van der Waals surface area (Å²) >= 11 is 1.59. The molecule has 2 aromatic rings. The number of aryl methyl sites for hydroxylation is 3. The van der Waals surface area contributed by atoms with Crippen LogP contribution in [0.2, 0.25) is 0 Å². The van der Waals surface area contributed by atoms with Gasteiger partial charge in [0.05, 0.1) is 30.5 Å². The van der Waals surface area contributed by atoms with Crippen LogP contribution in [-0.2, 0) is 24.2 Å². The summed E-state index contributed by atoms with van der Waals surface area (Å²) in [4.78, 5) is 33.5. The van der Waals surface area contributed by atoms with Crippen LogP contribution in [0.3, 0.4) is 0 Å². The molecule has 0 saturated carbocycles. The number of thiazole rings is 1. The van der Waals surface area contributed by atoms with Gasteiger partial charge < -0.3 is 14.6 Å². The Labute approximate surface area is 169 Å². The van der Waals surface area contributed by atoms with E-state index in [9.17, 15) is 9.59 Å². The fourth-order valence-corrected chi connectivity index (χ4v) is 4.33. The summed E-state index contributed by atoms with van der Waals surface area (Å²) < 4.78 is 6.99. The lowest BCUT2D eigenvalue weighted by atomic mass is 10.1. The highest BCUT2D eigenvalue weighted by Crippen LogP contribution is 2.18. The van der Waals surface area contributed by atoms with Crippen molar-refractivity contribution in [2.24, 2.45) is 0 Å². The molecule has 1 amide bonds. The van der Waals surface area contributed by atoms with Crippen molar-refractivity contribution in [2.75, 3.05) is 32.8 Å². The monoisotopic (exact) mass is 404 g/mol. The van der Waals surface area contributed by atoms with Crippen LogP contribution in [0, 0.1) is 13.8 Å². The predicted molar refractivity (Wildman–Crippen MR) is 110 cm³/mol. The first-order valence-corrected chi connectivity index (χ1v) is 10.5. The molecular weight excluding hydrogens is 376 g/mol. The summed E-state index contributed by atoms with van der Waals surface area (Å²) in [5.74, 6) is -0.323. The van der Waals surface area contributed by atoms with Gasteiger partial charge in [0.25, 0.3) is 11.5 Å². The van der Waals surface area contributed by atoms with Crippen molar-refractivity contribution >= 4 is 17.2 Å². The molecular formula is C20H28N4O3S. The second kappa shape index (κ2) is 9.45. The van der Waals surface area contributed by atoms with Gasteiger partial charge in [-0.15, -0.1) is 11.3 Å². The van der Waals surface area contributed by atoms with Gasteiger partial charge in [0.15, 0.2) is 0 Å². The molecule has 1 aliphatic rings. The topological polar surface area (TPSA) is 76.5 Å². The smallest absolute Gasteiger partial charge is 0.263 e. The molecule has 1 aliphatic heterocycles. The maximum atomic E-state index is 12.9. The summed E-state index contributed by atoms with van der Waals surface area (Å²) in [6.07, 6.45) is 2.60. The number of hydrogen-bond acceptors (Lipinski definition) is 6. The van der Waals surface area contributed by atoms with Crippen LogP contribution in [0.1, 0.15) is 38.4 Å². The summed E-state index contributed by atoms with van der Waals surface area (Å²) in [5, 5.41) is 3.90. The molecule has 8 heteroatoms. The highest BCUT2D eigenvalue weighted by atomic mass is 32.1. The zero-order valence-electron chi connectivity index (χ0n) is 16.8. The van der Waals surface area contributed by atoms with E-state index in [1.165, 1.54) is 0 Å². The van der Waals surface area contributed by atoms with Crippen molar-refractivity contribution in [3.05, 3.63) is 49.3 Å². The number of amides is 1. The number of carbonyl (C=O) groups excluding carboxylic acids is 1. The number of hydrogen-bond donors (Lipinski definition) is 1. The van der Waals surface area contributed by atoms with E-state index in [2.05, 4.69) is 15.2 Å². The van der Waals surface area contributed by atoms with Crippen LogP contribution in [0.4, 0.5) is 0 Å². The average molecular weight is 405 g/mol. The standard InChI is InChI=1S/C20H28N4O3S/c1-4-16-17(28-15(3)22-16)13-21-19(25)18-14(2)5-6-24(20(18)26)8-7-23-9-11-27-12-10-23/h5-6H,4,7-13H2,1-3H3,(H,21,25). The molecule has 0 atom stereocenters. The number of ether oxygens (including phenoxy) is 1. The molecule has 1 saturated heterocycles. The van der Waals surface area contributed by atoms with Crippen LogP contribution < -0.4 is 10.9 Å². The Morgan fingerprint density at radius 1 is 1.29 bits per heavy atom. The third-order valence-electron chi connectivity index (χ3n) is 4.99. The maximum Gasteiger partial charge on any atom is 0.263 e. The number of aromatic nitrogens is 2. The molecule has 152 valence electrons. The Morgan fingerprint density at radius 2 is 2.04 bits per heavy atom. The van der Waals surface area contributed by atoms with Crippen LogP contribution in [-0.4, -0.2) is 53.2 Å². The van der Waals surface area contributed by atoms with Gasteiger partial charge in [-0.3, -0.25) is 14.5 Å². The molecule has 0 unspecified atom stereocenters. The van der Waals surface area contributed by atoms with Crippen molar-refractivity contribution in [3.63, 3.8) is 0 Å². The molecule has 28 heavy (non-hydrogen) atoms. The van der Waals surface area contributed by atoms with Gasteiger partial charge in [-0.2, -0.15) is 0 Å². The van der Waals surface area contributed by atoms with E-state index in [0.717, 1.165) is 54.8 Å². The van der Waals surface area contributed by atoms with Gasteiger partial charge in [0.1, 0.15) is 5.56 Å². The average Bonchev–Trinajstić information content (AvgIpc) is 3.06. The van der Waals surface area contributed by atoms with E-state index >= 15 is 0 Å². The quantitative estimate of drug-likeness (QED) is 0.761. The van der Waals surface area contributed by atoms with Gasteiger partial charge in [0.2, 0.25) is 0 Å². The molecule has 0 aliphatic carbocycles. The molecule has 0 spiro atoms. The van der Waals surface area contributed by atoms with Crippen molar-refractivity contribution in [1.29, 1.82) is 0 Å². The van der Waals surface area contributed by atoms with Crippen molar-refractivity contribution in [1.82, 2.24) is 19.8 Å². The van der Waals surface area contributed by atoms with Crippen LogP contribution in [0.25, 0.3) is 0 Å². The number of pyridine rings is 1. The minimum Gasteiger partial charge on any atom is -0.379 e. The second-order valence-corrected chi connectivity index (χ2v) is 8.25. The fourth-order valence-electron chi connectivity index (χ4n) is 3.37. The summed E-state index contributed by atoms with van der Waals surface area (Å²) in [6, 6.07) is 1.84. The van der Waals surface area contributed by atoms with E-state index in [1.807, 2.05) is 19.9 Å². The molecule has 0 radical (unpaired) electrons. The molecule has 0 bridgehead atoms. The number of rotatable bonds is 7. The lowest BCUT2D eigenvalue weighted by molar-refractivity contribution is 0.0362. The normalized spacial score (nSPS) is 15.0. The maximum absolute atomic E-state index is 12.9. The molecule has 7 nitrogen and oxygen atoms in total. The van der Waals surface area contributed by atoms with Crippen LogP contribution in [0.15, 0.2) is 17.1 Å². The lowest BCUT2D eigenvalue weighted by Crippen LogP contribution is -2.40. The molecule has 3 rings (SSSR count). The third kappa shape index (κ3) is 4.87. The molecule has 2 aromatic heterocycles. The fraction of sp³-hybridized carbons (Fsp3) is 0.550. The summed E-state index contributed by atoms with van der Waals surface area (Å²) in [5.41, 5.74) is 1.70. The Morgan fingerprint density at radius 3 is 2.75 bits per heavy atom. The van der Waals surface area contributed by atoms with Crippen molar-refractivity contribution < 1.29 is 9.53 Å². The van der Waals surface area contributed by atoms with Crippen molar-refractivity contribution in [3.8, 4) is 0 Å². The Bertz CT molecular complexity index is 884. The van der Waals surface area contributed by atoms with Gasteiger partial charge in [-0.05, 0) is 31.9 Å². The number of nitrogens with zero attached hydrogens (tertiary/aromatic N) is 3. The van der Waals surface area contributed by atoms with Gasteiger partial charge in [0, 0.05) is 37.3 Å². The Balaban J connectivity index is 1.69. The second-order valence-electron chi connectivity index (χ2n) is 6.97. The Hall–Kier alpha value is -2.03. The lowest BCUT2D eigenvalue weighted by Gasteiger charge is -2.26. The number of carbonyl (C=O) groups is 1. The van der Waals surface area contributed by atoms with E-state index in [4.69, 9.17) is 4.74 Å². The Kier molecular flexibility index (Phi) is 6.98. The summed E-state index contributed by atoms with van der Waals surface area (Å²) in [7, 11) is 0. The minimum absolute atomic E-state index is 0.226. The van der Waals surface area contributed by atoms with Gasteiger partial charge in [-0.1, -0.05) is 6.92 Å². The molecule has 3 heterocycles. The van der Waals surface area contributed by atoms with Crippen LogP contribution in [0.5, 0.6) is 0 Å². The molecule has 0 aromatic carbocycles. The highest BCUT2D eigenvalue weighted by molar-refractivity contribution is 7.11. The van der Waals surface area contributed by atoms with E-state index in [-0.39, 0.29) is 17.0 Å². The first-order valence-electron chi connectivity index (χ1n) is 9.73. The predicted octanol–water partition coefficient (Wildman–Crippen LogP) is 1.75. The third-order valence-corrected chi connectivity index (χ3v) is 6.00. The SMILES string of the molecule is CCc1nc(C)sc1CNC(=O)c1c(C)ccn(CCN2CCOCC2)c1=O. The van der Waals surface area contributed by atoms with E-state index < -0.39 is 0 Å². The molecule has 1 fully saturated rings. The largest absolute Gasteiger partial charge is 0.379 e. The van der Waals surface area contributed by atoms with Crippen molar-refractivity contribution in [2.45, 2.75) is 40.3 Å². The number of nitrogens with one attached hydrogen (secondary N) is 1. The summed E-state index contributed by atoms with van der Waals surface area (Å²) in [6.45, 7) is 10.8. The first kappa shape index (κ1) is 20.7. The van der Waals surface area contributed by atoms with Gasteiger partial charge >= 0.3 is 0 Å². The van der Waals surface area contributed by atoms with Crippen LogP contribution >= 0.6 is 11.3 Å². The van der Waals surface area contributed by atoms with E-state index in [0.29, 0.717) is 18.7 Å².